The Balaban J connectivity index is 0.000000366. The molecule has 2 aromatic carbocycles. The predicted molar refractivity (Wildman–Crippen MR) is 89.7 cm³/mol. The molecule has 0 heterocycles. The van der Waals surface area contributed by atoms with Crippen molar-refractivity contribution in [3.8, 4) is 5.75 Å². The van der Waals surface area contributed by atoms with Gasteiger partial charge in [0.15, 0.2) is 0 Å². The zero-order valence-corrected chi connectivity index (χ0v) is 13.0. The van der Waals surface area contributed by atoms with Gasteiger partial charge >= 0.3 is 5.97 Å². The molecule has 2 aromatic rings. The van der Waals surface area contributed by atoms with E-state index in [1.165, 1.54) is 0 Å². The lowest BCUT2D eigenvalue weighted by molar-refractivity contribution is -0.136. The molecule has 23 heavy (non-hydrogen) atoms. The Morgan fingerprint density at radius 2 is 1.52 bits per heavy atom. The summed E-state index contributed by atoms with van der Waals surface area (Å²) in [5.41, 5.74) is 0.753. The van der Waals surface area contributed by atoms with Crippen molar-refractivity contribution in [2.24, 2.45) is 0 Å². The molecule has 0 unspecified atom stereocenters. The third kappa shape index (κ3) is 10.1. The van der Waals surface area contributed by atoms with E-state index >= 15 is 0 Å². The first-order valence-electron chi connectivity index (χ1n) is 7.47. The topological polar surface area (TPSA) is 78.8 Å². The van der Waals surface area contributed by atoms with Crippen LogP contribution in [0.4, 0.5) is 0 Å². The molecule has 0 fully saturated rings. The molecule has 0 spiro atoms. The average molecular weight is 317 g/mol. The number of benzene rings is 2. The van der Waals surface area contributed by atoms with Crippen molar-refractivity contribution in [3.05, 3.63) is 66.2 Å². The van der Waals surface area contributed by atoms with Gasteiger partial charge in [0.05, 0.1) is 13.0 Å². The minimum Gasteiger partial charge on any atom is -0.492 e. The van der Waals surface area contributed by atoms with Gasteiger partial charge in [0.1, 0.15) is 12.4 Å². The van der Waals surface area contributed by atoms with Crippen LogP contribution in [0, 0.1) is 0 Å². The number of hydrogen-bond donors (Lipinski definition) is 3. The fourth-order valence-corrected chi connectivity index (χ4v) is 1.71. The van der Waals surface area contributed by atoms with Crippen LogP contribution in [0.5, 0.6) is 5.75 Å². The second kappa shape index (κ2) is 12.2. The summed E-state index contributed by atoms with van der Waals surface area (Å²) in [5.74, 6) is -0.128. The molecule has 3 N–H and O–H groups in total. The van der Waals surface area contributed by atoms with Crippen LogP contribution in [0.1, 0.15) is 5.56 Å². The first-order valence-corrected chi connectivity index (χ1v) is 7.47. The minimum absolute atomic E-state index is 0.0261. The third-order valence-corrected chi connectivity index (χ3v) is 2.78. The first-order chi connectivity index (χ1) is 11.2. The third-order valence-electron chi connectivity index (χ3n) is 2.78. The molecule has 5 heteroatoms. The van der Waals surface area contributed by atoms with Gasteiger partial charge < -0.3 is 20.3 Å². The van der Waals surface area contributed by atoms with Crippen molar-refractivity contribution in [1.82, 2.24) is 5.32 Å². The number of hydrogen-bond acceptors (Lipinski definition) is 4. The van der Waals surface area contributed by atoms with E-state index < -0.39 is 5.97 Å². The molecule has 0 aromatic heterocycles. The maximum Gasteiger partial charge on any atom is 0.307 e. The van der Waals surface area contributed by atoms with Crippen LogP contribution in [0.3, 0.4) is 0 Å². The van der Waals surface area contributed by atoms with Gasteiger partial charge in [-0.25, -0.2) is 0 Å². The number of ether oxygens (including phenoxy) is 1. The summed E-state index contributed by atoms with van der Waals surface area (Å²) in [5, 5.41) is 20.1. The zero-order valence-electron chi connectivity index (χ0n) is 13.0. The lowest BCUT2D eigenvalue weighted by atomic mass is 10.1. The highest BCUT2D eigenvalue weighted by Gasteiger charge is 2.00. The first kappa shape index (κ1) is 18.7. The Hall–Kier alpha value is -2.37. The predicted octanol–water partition coefficient (Wildman–Crippen LogP) is 1.96. The molecule has 0 aliphatic rings. The second-order valence-corrected chi connectivity index (χ2v) is 4.69. The monoisotopic (exact) mass is 317 g/mol. The summed E-state index contributed by atoms with van der Waals surface area (Å²) < 4.78 is 5.42. The molecular formula is C18H23NO4. The van der Waals surface area contributed by atoms with Crippen molar-refractivity contribution >= 4 is 5.97 Å². The molecule has 0 saturated heterocycles. The van der Waals surface area contributed by atoms with Gasteiger partial charge in [0.2, 0.25) is 0 Å². The van der Waals surface area contributed by atoms with Crippen LogP contribution in [0.2, 0.25) is 0 Å². The summed E-state index contributed by atoms with van der Waals surface area (Å²) in [4.78, 5) is 10.5. The quantitative estimate of drug-likeness (QED) is 0.649. The van der Waals surface area contributed by atoms with Crippen LogP contribution in [0.25, 0.3) is 0 Å². The molecule has 0 aliphatic heterocycles. The highest BCUT2D eigenvalue weighted by atomic mass is 16.5. The van der Waals surface area contributed by atoms with Crippen molar-refractivity contribution in [2.75, 3.05) is 26.3 Å². The summed E-state index contributed by atoms with van der Waals surface area (Å²) in [6, 6.07) is 19.0. The fraction of sp³-hybridized carbons (Fsp3) is 0.278. The van der Waals surface area contributed by atoms with Crippen LogP contribution < -0.4 is 10.1 Å². The summed E-state index contributed by atoms with van der Waals surface area (Å²) in [7, 11) is 0. The molecule has 2 rings (SSSR count). The molecule has 0 radical (unpaired) electrons. The van der Waals surface area contributed by atoms with Crippen LogP contribution in [-0.2, 0) is 11.2 Å². The molecule has 0 amide bonds. The maximum absolute atomic E-state index is 10.5. The van der Waals surface area contributed by atoms with E-state index in [-0.39, 0.29) is 13.0 Å². The number of carboxylic acid groups (broad SMARTS) is 1. The van der Waals surface area contributed by atoms with Crippen LogP contribution in [-0.4, -0.2) is 42.5 Å². The summed E-state index contributed by atoms with van der Waals surface area (Å²) >= 11 is 0. The van der Waals surface area contributed by atoms with Gasteiger partial charge in [-0.3, -0.25) is 4.79 Å². The summed E-state index contributed by atoms with van der Waals surface area (Å²) in [6.07, 6.45) is 0.0261. The Kier molecular flexibility index (Phi) is 9.91. The number of nitrogens with one attached hydrogen (secondary N) is 1. The summed E-state index contributed by atoms with van der Waals surface area (Å²) in [6.45, 7) is 1.85. The van der Waals surface area contributed by atoms with E-state index in [1.54, 1.807) is 24.3 Å². The highest BCUT2D eigenvalue weighted by Crippen LogP contribution is 2.12. The van der Waals surface area contributed by atoms with E-state index in [9.17, 15) is 4.79 Å². The van der Waals surface area contributed by atoms with Gasteiger partial charge in [-0.15, -0.1) is 0 Å². The van der Waals surface area contributed by atoms with Gasteiger partial charge in [-0.2, -0.15) is 0 Å². The SMILES string of the molecule is O=C(O)Cc1ccc(OCCNCCO)cc1.c1ccccc1. The smallest absolute Gasteiger partial charge is 0.307 e. The molecule has 5 nitrogen and oxygen atoms in total. The average Bonchev–Trinajstić information content (AvgIpc) is 2.58. The highest BCUT2D eigenvalue weighted by molar-refractivity contribution is 5.70. The number of rotatable bonds is 8. The van der Waals surface area contributed by atoms with Gasteiger partial charge in [0, 0.05) is 13.1 Å². The van der Waals surface area contributed by atoms with Gasteiger partial charge in [-0.05, 0) is 17.7 Å². The lowest BCUT2D eigenvalue weighted by Gasteiger charge is -2.07. The van der Waals surface area contributed by atoms with Gasteiger partial charge in [0.25, 0.3) is 0 Å². The maximum atomic E-state index is 10.5. The normalized spacial score (nSPS) is 9.61. The molecule has 0 atom stereocenters. The van der Waals surface area contributed by atoms with E-state index in [2.05, 4.69) is 5.32 Å². The standard InChI is InChI=1S/C12H17NO4.C6H6/c14-7-5-13-6-8-17-11-3-1-10(2-4-11)9-12(15)16;1-2-4-6-5-3-1/h1-4,13-14H,5-9H2,(H,15,16);1-6H. The zero-order chi connectivity index (χ0) is 16.8. The van der Waals surface area contributed by atoms with Crippen molar-refractivity contribution < 1.29 is 19.7 Å². The van der Waals surface area contributed by atoms with Crippen molar-refractivity contribution in [1.29, 1.82) is 0 Å². The van der Waals surface area contributed by atoms with E-state index in [0.29, 0.717) is 25.4 Å². The van der Waals surface area contributed by atoms with Crippen molar-refractivity contribution in [3.63, 3.8) is 0 Å². The van der Waals surface area contributed by atoms with Gasteiger partial charge in [-0.1, -0.05) is 48.5 Å². The number of carbonyl (C=O) groups is 1. The molecule has 0 aliphatic carbocycles. The molecule has 124 valence electrons. The largest absolute Gasteiger partial charge is 0.492 e. The van der Waals surface area contributed by atoms with E-state index in [4.69, 9.17) is 14.9 Å². The van der Waals surface area contributed by atoms with Crippen molar-refractivity contribution in [2.45, 2.75) is 6.42 Å². The molecule has 0 saturated carbocycles. The molecular weight excluding hydrogens is 294 g/mol. The Morgan fingerprint density at radius 3 is 2.00 bits per heavy atom. The Bertz CT molecular complexity index is 502. The minimum atomic E-state index is -0.841. The molecule has 0 bridgehead atoms. The van der Waals surface area contributed by atoms with Crippen LogP contribution in [0.15, 0.2) is 60.7 Å². The fourth-order valence-electron chi connectivity index (χ4n) is 1.71. The number of aliphatic hydroxyl groups is 1. The van der Waals surface area contributed by atoms with E-state index in [0.717, 1.165) is 5.56 Å². The lowest BCUT2D eigenvalue weighted by Crippen LogP contribution is -2.23. The second-order valence-electron chi connectivity index (χ2n) is 4.69. The number of carboxylic acids is 1. The Labute approximate surface area is 136 Å². The number of aliphatic hydroxyl groups excluding tert-OH is 1. The van der Waals surface area contributed by atoms with E-state index in [1.807, 2.05) is 36.4 Å². The number of aliphatic carboxylic acids is 1. The Morgan fingerprint density at radius 1 is 0.957 bits per heavy atom. The van der Waals surface area contributed by atoms with Crippen LogP contribution >= 0.6 is 0 Å².